The molecule has 1 aromatic carbocycles. The van der Waals surface area contributed by atoms with E-state index in [0.717, 1.165) is 12.1 Å². The molecule has 0 saturated carbocycles. The number of hydrogen-bond acceptors (Lipinski definition) is 4. The van der Waals surface area contributed by atoms with Gasteiger partial charge in [0.05, 0.1) is 18.2 Å². The summed E-state index contributed by atoms with van der Waals surface area (Å²) >= 11 is 5.75. The molecule has 1 aromatic rings. The molecule has 0 aliphatic carbocycles. The molecule has 21 heavy (non-hydrogen) atoms. The minimum atomic E-state index is -4.31. The average molecular weight is 337 g/mol. The number of primary sulfonamides is 1. The number of nitrogens with two attached hydrogens (primary N) is 1. The lowest BCUT2D eigenvalue weighted by Gasteiger charge is -2.23. The summed E-state index contributed by atoms with van der Waals surface area (Å²) in [6.07, 6.45) is 0.631. The molecular formula is C12H14ClFN2O4S. The number of rotatable bonds is 3. The highest BCUT2D eigenvalue weighted by atomic mass is 35.5. The zero-order chi connectivity index (χ0) is 15.8. The highest BCUT2D eigenvalue weighted by molar-refractivity contribution is 7.89. The van der Waals surface area contributed by atoms with E-state index in [9.17, 15) is 17.6 Å². The van der Waals surface area contributed by atoms with Gasteiger partial charge < -0.3 is 9.64 Å². The molecule has 1 heterocycles. The smallest absolute Gasteiger partial charge is 0.257 e. The van der Waals surface area contributed by atoms with E-state index in [-0.39, 0.29) is 11.1 Å². The van der Waals surface area contributed by atoms with Crippen LogP contribution in [-0.2, 0) is 14.8 Å². The van der Waals surface area contributed by atoms with E-state index < -0.39 is 32.2 Å². The van der Waals surface area contributed by atoms with Gasteiger partial charge in [0.15, 0.2) is 5.82 Å². The van der Waals surface area contributed by atoms with Gasteiger partial charge in [0.2, 0.25) is 10.0 Å². The topological polar surface area (TPSA) is 89.7 Å². The Kier molecular flexibility index (Phi) is 4.52. The lowest BCUT2D eigenvalue weighted by Crippen LogP contribution is -2.38. The van der Waals surface area contributed by atoms with Crippen molar-refractivity contribution in [3.05, 3.63) is 28.5 Å². The maximum absolute atomic E-state index is 14.2. The van der Waals surface area contributed by atoms with Gasteiger partial charge in [-0.25, -0.2) is 17.9 Å². The number of likely N-dealkylation sites (N-methyl/N-ethyl adjacent to an activating group) is 1. The van der Waals surface area contributed by atoms with Crippen LogP contribution in [0, 0.1) is 5.82 Å². The molecule has 2 N–H and O–H groups in total. The standard InChI is InChI=1S/C12H14ClFN2O4S/c1-16(8-2-3-20-6-8)12(17)9-4-7(13)5-10(11(9)14)21(15,18)19/h4-5,8H,2-3,6H2,1H3,(H2,15,18,19). The second-order valence-corrected chi connectivity index (χ2v) is 6.71. The molecule has 9 heteroatoms. The molecule has 2 rings (SSSR count). The fraction of sp³-hybridized carbons (Fsp3) is 0.417. The van der Waals surface area contributed by atoms with Crippen LogP contribution < -0.4 is 5.14 Å². The fourth-order valence-corrected chi connectivity index (χ4v) is 3.04. The number of ether oxygens (including phenoxy) is 1. The van der Waals surface area contributed by atoms with Gasteiger partial charge in [-0.05, 0) is 18.6 Å². The Morgan fingerprint density at radius 2 is 2.19 bits per heavy atom. The zero-order valence-electron chi connectivity index (χ0n) is 11.2. The van der Waals surface area contributed by atoms with Crippen molar-refractivity contribution in [1.82, 2.24) is 4.90 Å². The third-order valence-corrected chi connectivity index (χ3v) is 4.44. The van der Waals surface area contributed by atoms with E-state index in [1.165, 1.54) is 11.9 Å². The number of hydrogen-bond donors (Lipinski definition) is 1. The largest absolute Gasteiger partial charge is 0.379 e. The summed E-state index contributed by atoms with van der Waals surface area (Å²) in [5.41, 5.74) is -0.430. The van der Waals surface area contributed by atoms with Gasteiger partial charge in [0, 0.05) is 18.7 Å². The fourth-order valence-electron chi connectivity index (χ4n) is 2.11. The summed E-state index contributed by atoms with van der Waals surface area (Å²) in [6, 6.07) is 1.77. The van der Waals surface area contributed by atoms with Gasteiger partial charge in [-0.1, -0.05) is 11.6 Å². The van der Waals surface area contributed by atoms with Crippen molar-refractivity contribution in [1.29, 1.82) is 0 Å². The van der Waals surface area contributed by atoms with E-state index in [1.807, 2.05) is 0 Å². The Morgan fingerprint density at radius 3 is 2.71 bits per heavy atom. The molecule has 1 atom stereocenters. The summed E-state index contributed by atoms with van der Waals surface area (Å²) in [7, 11) is -2.81. The van der Waals surface area contributed by atoms with Crippen molar-refractivity contribution in [2.45, 2.75) is 17.4 Å². The molecular weight excluding hydrogens is 323 g/mol. The average Bonchev–Trinajstić information content (AvgIpc) is 2.92. The van der Waals surface area contributed by atoms with Crippen molar-refractivity contribution in [3.63, 3.8) is 0 Å². The maximum atomic E-state index is 14.2. The van der Waals surface area contributed by atoms with Gasteiger partial charge in [-0.15, -0.1) is 0 Å². The minimum absolute atomic E-state index is 0.0835. The Hall–Kier alpha value is -1.22. The summed E-state index contributed by atoms with van der Waals surface area (Å²) < 4.78 is 42.1. The van der Waals surface area contributed by atoms with Crippen LogP contribution in [0.2, 0.25) is 5.02 Å². The highest BCUT2D eigenvalue weighted by Gasteiger charge is 2.29. The molecule has 116 valence electrons. The molecule has 1 unspecified atom stereocenters. The monoisotopic (exact) mass is 336 g/mol. The Morgan fingerprint density at radius 1 is 1.52 bits per heavy atom. The van der Waals surface area contributed by atoms with Gasteiger partial charge in [-0.2, -0.15) is 0 Å². The van der Waals surface area contributed by atoms with Gasteiger partial charge in [-0.3, -0.25) is 4.79 Å². The number of nitrogens with zero attached hydrogens (tertiary/aromatic N) is 1. The van der Waals surface area contributed by atoms with Crippen LogP contribution in [0.1, 0.15) is 16.8 Å². The Labute approximate surface area is 126 Å². The first-order valence-electron chi connectivity index (χ1n) is 6.08. The summed E-state index contributed by atoms with van der Waals surface area (Å²) in [6.45, 7) is 0.870. The normalized spacial score (nSPS) is 18.8. The van der Waals surface area contributed by atoms with Crippen LogP contribution in [-0.4, -0.2) is 45.5 Å². The van der Waals surface area contributed by atoms with Crippen molar-refractivity contribution in [3.8, 4) is 0 Å². The molecule has 0 aromatic heterocycles. The van der Waals surface area contributed by atoms with Crippen LogP contribution in [0.5, 0.6) is 0 Å². The van der Waals surface area contributed by atoms with Crippen molar-refractivity contribution in [2.75, 3.05) is 20.3 Å². The van der Waals surface area contributed by atoms with Crippen molar-refractivity contribution in [2.24, 2.45) is 5.14 Å². The molecule has 1 fully saturated rings. The maximum Gasteiger partial charge on any atom is 0.257 e. The van der Waals surface area contributed by atoms with Crippen molar-refractivity contribution < 1.29 is 22.3 Å². The second kappa shape index (κ2) is 5.88. The van der Waals surface area contributed by atoms with E-state index in [4.69, 9.17) is 21.5 Å². The first kappa shape index (κ1) is 16.2. The van der Waals surface area contributed by atoms with Crippen LogP contribution >= 0.6 is 11.6 Å². The lowest BCUT2D eigenvalue weighted by molar-refractivity contribution is 0.0706. The number of amides is 1. The molecule has 1 saturated heterocycles. The quantitative estimate of drug-likeness (QED) is 0.891. The second-order valence-electron chi connectivity index (χ2n) is 4.74. The van der Waals surface area contributed by atoms with Crippen LogP contribution in [0.3, 0.4) is 0 Å². The lowest BCUT2D eigenvalue weighted by atomic mass is 10.1. The predicted octanol–water partition coefficient (Wildman–Crippen LogP) is 0.987. The molecule has 1 aliphatic heterocycles. The van der Waals surface area contributed by atoms with E-state index in [1.54, 1.807) is 0 Å². The number of sulfonamides is 1. The number of benzene rings is 1. The number of halogens is 2. The number of carbonyl (C=O) groups excluding carboxylic acids is 1. The highest BCUT2D eigenvalue weighted by Crippen LogP contribution is 2.25. The first-order valence-corrected chi connectivity index (χ1v) is 8.01. The van der Waals surface area contributed by atoms with Crippen LogP contribution in [0.4, 0.5) is 4.39 Å². The Bertz CT molecular complexity index is 674. The van der Waals surface area contributed by atoms with Crippen LogP contribution in [0.15, 0.2) is 17.0 Å². The summed E-state index contributed by atoms with van der Waals surface area (Å²) in [4.78, 5) is 12.8. The van der Waals surface area contributed by atoms with Gasteiger partial charge in [0.1, 0.15) is 4.90 Å². The third kappa shape index (κ3) is 3.34. The van der Waals surface area contributed by atoms with E-state index in [2.05, 4.69) is 0 Å². The molecule has 1 aliphatic rings. The third-order valence-electron chi connectivity index (χ3n) is 3.31. The first-order chi connectivity index (χ1) is 9.71. The van der Waals surface area contributed by atoms with Crippen LogP contribution in [0.25, 0.3) is 0 Å². The SMILES string of the molecule is CN(C(=O)c1cc(Cl)cc(S(N)(=O)=O)c1F)C1CCOC1. The molecule has 1 amide bonds. The zero-order valence-corrected chi connectivity index (χ0v) is 12.7. The van der Waals surface area contributed by atoms with E-state index >= 15 is 0 Å². The summed E-state index contributed by atoms with van der Waals surface area (Å²) in [5.74, 6) is -1.87. The molecule has 6 nitrogen and oxygen atoms in total. The molecule has 0 radical (unpaired) electrons. The predicted molar refractivity (Wildman–Crippen MR) is 74.1 cm³/mol. The minimum Gasteiger partial charge on any atom is -0.379 e. The molecule has 0 spiro atoms. The van der Waals surface area contributed by atoms with Gasteiger partial charge >= 0.3 is 0 Å². The summed E-state index contributed by atoms with van der Waals surface area (Å²) in [5, 5.41) is 4.84. The molecule has 0 bridgehead atoms. The number of carbonyl (C=O) groups is 1. The van der Waals surface area contributed by atoms with E-state index in [0.29, 0.717) is 19.6 Å². The van der Waals surface area contributed by atoms with Gasteiger partial charge in [0.25, 0.3) is 5.91 Å². The Balaban J connectivity index is 2.44. The van der Waals surface area contributed by atoms with Crippen molar-refractivity contribution >= 4 is 27.5 Å².